The van der Waals surface area contributed by atoms with Crippen molar-refractivity contribution in [1.29, 1.82) is 0 Å². The molecule has 0 aliphatic carbocycles. The Balaban J connectivity index is 1.50. The van der Waals surface area contributed by atoms with E-state index in [1.807, 2.05) is 0 Å². The van der Waals surface area contributed by atoms with Gasteiger partial charge in [0.25, 0.3) is 0 Å². The highest BCUT2D eigenvalue weighted by Crippen LogP contribution is 2.28. The molecular weight excluding hydrogens is 416 g/mol. The fourth-order valence-electron chi connectivity index (χ4n) is 4.63. The van der Waals surface area contributed by atoms with Gasteiger partial charge in [-0.25, -0.2) is 0 Å². The van der Waals surface area contributed by atoms with Crippen LogP contribution in [0.25, 0.3) is 0 Å². The molecule has 2 aliphatic rings. The van der Waals surface area contributed by atoms with Crippen molar-refractivity contribution in [3.63, 3.8) is 0 Å². The minimum absolute atomic E-state index is 0.549. The molecule has 1 aromatic carbocycles. The second kappa shape index (κ2) is 10.5. The van der Waals surface area contributed by atoms with Gasteiger partial charge in [0.15, 0.2) is 5.11 Å². The van der Waals surface area contributed by atoms with Crippen LogP contribution in [0.1, 0.15) is 50.7 Å². The molecule has 7 heteroatoms. The largest absolute Gasteiger partial charge is 0.358 e. The van der Waals surface area contributed by atoms with Crippen molar-refractivity contribution in [2.75, 3.05) is 41.3 Å². The maximum absolute atomic E-state index is 5.57. The van der Waals surface area contributed by atoms with Crippen LogP contribution in [0, 0.1) is 18.8 Å². The molecule has 2 aliphatic heterocycles. The standard InChI is InChI=1S/C25H36N6S/c1-18-8-10-21(11-9-18)15-26-25(32)29-24-27-22(30-12-4-6-19(2)16-30)14-23(28-24)31-13-5-7-20(3)17-31/h8-11,14,19-20H,4-7,12-13,15-17H2,1-3H3,(H2,26,27,28,29,32)/t19-,20+. The third-order valence-electron chi connectivity index (χ3n) is 6.46. The molecule has 2 N–H and O–H groups in total. The first-order chi connectivity index (χ1) is 15.5. The minimum Gasteiger partial charge on any atom is -0.358 e. The van der Waals surface area contributed by atoms with Gasteiger partial charge in [-0.05, 0) is 62.2 Å². The highest BCUT2D eigenvalue weighted by Gasteiger charge is 2.23. The molecule has 2 saturated heterocycles. The average molecular weight is 453 g/mol. The van der Waals surface area contributed by atoms with E-state index in [0.29, 0.717) is 29.4 Å². The Morgan fingerprint density at radius 2 is 1.53 bits per heavy atom. The van der Waals surface area contributed by atoms with Crippen molar-refractivity contribution in [1.82, 2.24) is 15.3 Å². The predicted molar refractivity (Wildman–Crippen MR) is 137 cm³/mol. The second-order valence-electron chi connectivity index (χ2n) is 9.59. The van der Waals surface area contributed by atoms with Gasteiger partial charge in [-0.15, -0.1) is 0 Å². The van der Waals surface area contributed by atoms with Gasteiger partial charge in [0, 0.05) is 38.8 Å². The number of aromatic nitrogens is 2. The van der Waals surface area contributed by atoms with Crippen LogP contribution in [0.2, 0.25) is 0 Å². The lowest BCUT2D eigenvalue weighted by Gasteiger charge is -2.35. The van der Waals surface area contributed by atoms with Crippen LogP contribution in [0.5, 0.6) is 0 Å². The lowest BCUT2D eigenvalue weighted by Crippen LogP contribution is -2.37. The molecule has 4 rings (SSSR count). The first-order valence-corrected chi connectivity index (χ1v) is 12.4. The summed E-state index contributed by atoms with van der Waals surface area (Å²) in [4.78, 5) is 14.5. The van der Waals surface area contributed by atoms with Crippen molar-refractivity contribution >= 4 is 34.9 Å². The number of piperidine rings is 2. The molecule has 0 spiro atoms. The number of anilines is 3. The molecule has 0 amide bonds. The molecular formula is C25H36N6S. The van der Waals surface area contributed by atoms with E-state index in [-0.39, 0.29) is 0 Å². The molecule has 0 unspecified atom stereocenters. The summed E-state index contributed by atoms with van der Waals surface area (Å²) in [5, 5.41) is 7.09. The molecule has 172 valence electrons. The number of thiocarbonyl (C=S) groups is 1. The van der Waals surface area contributed by atoms with E-state index in [0.717, 1.165) is 37.8 Å². The lowest BCUT2D eigenvalue weighted by molar-refractivity contribution is 0.441. The summed E-state index contributed by atoms with van der Waals surface area (Å²) in [6, 6.07) is 10.6. The summed E-state index contributed by atoms with van der Waals surface area (Å²) in [6.45, 7) is 11.6. The number of hydrogen-bond donors (Lipinski definition) is 2. The lowest BCUT2D eigenvalue weighted by atomic mass is 10.00. The van der Waals surface area contributed by atoms with Gasteiger partial charge < -0.3 is 20.4 Å². The molecule has 2 aromatic rings. The summed E-state index contributed by atoms with van der Waals surface area (Å²) in [6.07, 6.45) is 4.99. The molecule has 2 fully saturated rings. The van der Waals surface area contributed by atoms with Crippen LogP contribution in [0.3, 0.4) is 0 Å². The van der Waals surface area contributed by atoms with E-state index < -0.39 is 0 Å². The van der Waals surface area contributed by atoms with Gasteiger partial charge in [-0.1, -0.05) is 43.7 Å². The van der Waals surface area contributed by atoms with Crippen LogP contribution in [-0.2, 0) is 6.54 Å². The maximum atomic E-state index is 5.57. The van der Waals surface area contributed by atoms with Crippen molar-refractivity contribution in [3.05, 3.63) is 41.5 Å². The minimum atomic E-state index is 0.549. The Kier molecular flexibility index (Phi) is 7.45. The van der Waals surface area contributed by atoms with E-state index in [1.54, 1.807) is 0 Å². The molecule has 0 bridgehead atoms. The summed E-state index contributed by atoms with van der Waals surface area (Å²) in [5.74, 6) is 3.96. The van der Waals surface area contributed by atoms with Gasteiger partial charge >= 0.3 is 0 Å². The summed E-state index contributed by atoms with van der Waals surface area (Å²) in [5.41, 5.74) is 2.45. The summed E-state index contributed by atoms with van der Waals surface area (Å²) < 4.78 is 0. The van der Waals surface area contributed by atoms with E-state index in [1.165, 1.54) is 36.8 Å². The molecule has 2 atom stereocenters. The normalized spacial score (nSPS) is 21.3. The topological polar surface area (TPSA) is 56.3 Å². The number of nitrogens with zero attached hydrogens (tertiary/aromatic N) is 4. The smallest absolute Gasteiger partial charge is 0.232 e. The fourth-order valence-corrected chi connectivity index (χ4v) is 4.79. The van der Waals surface area contributed by atoms with Crippen LogP contribution < -0.4 is 20.4 Å². The van der Waals surface area contributed by atoms with Gasteiger partial charge in [0.05, 0.1) is 0 Å². The average Bonchev–Trinajstić information content (AvgIpc) is 2.78. The van der Waals surface area contributed by atoms with Gasteiger partial charge in [-0.3, -0.25) is 0 Å². The third-order valence-corrected chi connectivity index (χ3v) is 6.71. The van der Waals surface area contributed by atoms with Crippen LogP contribution in [0.4, 0.5) is 17.6 Å². The second-order valence-corrected chi connectivity index (χ2v) is 10.00. The number of hydrogen-bond acceptors (Lipinski definition) is 5. The summed E-state index contributed by atoms with van der Waals surface area (Å²) in [7, 11) is 0. The van der Waals surface area contributed by atoms with Crippen molar-refractivity contribution in [2.45, 2.75) is 53.0 Å². The van der Waals surface area contributed by atoms with Crippen molar-refractivity contribution < 1.29 is 0 Å². The van der Waals surface area contributed by atoms with Crippen LogP contribution in [0.15, 0.2) is 30.3 Å². The highest BCUT2D eigenvalue weighted by molar-refractivity contribution is 7.80. The zero-order valence-corrected chi connectivity index (χ0v) is 20.4. The summed E-state index contributed by atoms with van der Waals surface area (Å²) >= 11 is 5.57. The SMILES string of the molecule is Cc1ccc(CNC(=S)Nc2nc(N3CCC[C@@H](C)C3)cc(N3CCC[C@H](C)C3)n2)cc1. The Morgan fingerprint density at radius 3 is 2.06 bits per heavy atom. The van der Waals surface area contributed by atoms with Crippen LogP contribution in [-0.4, -0.2) is 41.3 Å². The third kappa shape index (κ3) is 6.09. The molecule has 6 nitrogen and oxygen atoms in total. The quantitative estimate of drug-likeness (QED) is 0.635. The maximum Gasteiger partial charge on any atom is 0.232 e. The number of nitrogens with one attached hydrogen (secondary N) is 2. The highest BCUT2D eigenvalue weighted by atomic mass is 32.1. The zero-order chi connectivity index (χ0) is 22.5. The molecule has 1 aromatic heterocycles. The van der Waals surface area contributed by atoms with E-state index >= 15 is 0 Å². The first kappa shape index (κ1) is 22.8. The van der Waals surface area contributed by atoms with E-state index in [2.05, 4.69) is 71.5 Å². The molecule has 3 heterocycles. The fraction of sp³-hybridized carbons (Fsp3) is 0.560. The Morgan fingerprint density at radius 1 is 0.969 bits per heavy atom. The monoisotopic (exact) mass is 452 g/mol. The van der Waals surface area contributed by atoms with E-state index in [4.69, 9.17) is 22.2 Å². The number of rotatable bonds is 5. The van der Waals surface area contributed by atoms with Gasteiger partial charge in [-0.2, -0.15) is 9.97 Å². The number of aryl methyl sites for hydroxylation is 1. The molecule has 0 radical (unpaired) electrons. The Hall–Kier alpha value is -2.41. The zero-order valence-electron chi connectivity index (χ0n) is 19.6. The molecule has 0 saturated carbocycles. The Bertz CT molecular complexity index is 875. The van der Waals surface area contributed by atoms with Gasteiger partial charge in [0.2, 0.25) is 5.95 Å². The van der Waals surface area contributed by atoms with Crippen molar-refractivity contribution in [3.8, 4) is 0 Å². The van der Waals surface area contributed by atoms with Gasteiger partial charge in [0.1, 0.15) is 11.6 Å². The van der Waals surface area contributed by atoms with Crippen LogP contribution >= 0.6 is 12.2 Å². The first-order valence-electron chi connectivity index (χ1n) is 12.0. The van der Waals surface area contributed by atoms with Crippen molar-refractivity contribution in [2.24, 2.45) is 11.8 Å². The molecule has 32 heavy (non-hydrogen) atoms. The Labute approximate surface area is 197 Å². The number of benzene rings is 1. The van der Waals surface area contributed by atoms with E-state index in [9.17, 15) is 0 Å². The predicted octanol–water partition coefficient (Wildman–Crippen LogP) is 4.74.